The van der Waals surface area contributed by atoms with E-state index < -0.39 is 0 Å². The van der Waals surface area contributed by atoms with Crippen LogP contribution in [0.15, 0.2) is 0 Å². The normalized spacial score (nSPS) is 27.9. The van der Waals surface area contributed by atoms with Crippen molar-refractivity contribution < 1.29 is 0 Å². The van der Waals surface area contributed by atoms with Crippen LogP contribution in [-0.4, -0.2) is 30.6 Å². The van der Waals surface area contributed by atoms with E-state index in [1.807, 2.05) is 6.92 Å². The second-order valence-corrected chi connectivity index (χ2v) is 3.54. The molecule has 1 rings (SSSR count). The maximum Gasteiger partial charge on any atom is 0.0949 e. The molecule has 1 fully saturated rings. The van der Waals surface area contributed by atoms with Crippen LogP contribution < -0.4 is 5.73 Å². The van der Waals surface area contributed by atoms with Crippen LogP contribution in [0.25, 0.3) is 0 Å². The molecule has 1 saturated heterocycles. The average molecular weight is 167 g/mol. The first-order chi connectivity index (χ1) is 5.77. The van der Waals surface area contributed by atoms with Gasteiger partial charge >= 0.3 is 0 Å². The number of nitriles is 1. The van der Waals surface area contributed by atoms with Gasteiger partial charge in [0.25, 0.3) is 0 Å². The van der Waals surface area contributed by atoms with Crippen LogP contribution in [0.3, 0.4) is 0 Å². The average Bonchev–Trinajstić information content (AvgIpc) is 2.17. The van der Waals surface area contributed by atoms with Gasteiger partial charge < -0.3 is 5.73 Å². The van der Waals surface area contributed by atoms with Crippen LogP contribution >= 0.6 is 0 Å². The Morgan fingerprint density at radius 3 is 3.08 bits per heavy atom. The molecule has 0 radical (unpaired) electrons. The summed E-state index contributed by atoms with van der Waals surface area (Å²) in [4.78, 5) is 2.22. The summed E-state index contributed by atoms with van der Waals surface area (Å²) >= 11 is 0. The molecule has 0 aliphatic carbocycles. The van der Waals surface area contributed by atoms with E-state index in [1.165, 1.54) is 12.8 Å². The highest BCUT2D eigenvalue weighted by molar-refractivity contribution is 4.90. The second-order valence-electron chi connectivity index (χ2n) is 3.54. The van der Waals surface area contributed by atoms with Crippen LogP contribution in [0.4, 0.5) is 0 Å². The summed E-state index contributed by atoms with van der Waals surface area (Å²) in [5.74, 6) is 0.606. The minimum Gasteiger partial charge on any atom is -0.330 e. The Morgan fingerprint density at radius 1 is 1.75 bits per heavy atom. The zero-order valence-corrected chi connectivity index (χ0v) is 7.66. The fraction of sp³-hybridized carbons (Fsp3) is 0.889. The molecule has 1 aliphatic rings. The van der Waals surface area contributed by atoms with Gasteiger partial charge in [0.1, 0.15) is 0 Å². The molecule has 0 aromatic rings. The maximum absolute atomic E-state index is 8.72. The molecule has 12 heavy (non-hydrogen) atoms. The maximum atomic E-state index is 8.72. The van der Waals surface area contributed by atoms with E-state index in [2.05, 4.69) is 11.0 Å². The molecule has 2 N–H and O–H groups in total. The number of hydrogen-bond donors (Lipinski definition) is 1. The molecule has 1 aliphatic heterocycles. The molecule has 0 spiro atoms. The molecule has 68 valence electrons. The quantitative estimate of drug-likeness (QED) is 0.654. The molecule has 0 aromatic carbocycles. The van der Waals surface area contributed by atoms with E-state index >= 15 is 0 Å². The molecule has 0 aromatic heterocycles. The number of rotatable bonds is 2. The molecular formula is C9H17N3. The van der Waals surface area contributed by atoms with Crippen molar-refractivity contribution in [1.29, 1.82) is 5.26 Å². The van der Waals surface area contributed by atoms with Gasteiger partial charge in [0.2, 0.25) is 0 Å². The Bertz CT molecular complexity index is 173. The van der Waals surface area contributed by atoms with Gasteiger partial charge in [-0.3, -0.25) is 4.90 Å². The topological polar surface area (TPSA) is 53.0 Å². The van der Waals surface area contributed by atoms with Gasteiger partial charge in [-0.2, -0.15) is 5.26 Å². The highest BCUT2D eigenvalue weighted by Crippen LogP contribution is 2.16. The number of likely N-dealkylation sites (tertiary alicyclic amines) is 1. The summed E-state index contributed by atoms with van der Waals surface area (Å²) in [6.07, 6.45) is 2.42. The lowest BCUT2D eigenvalue weighted by Gasteiger charge is -2.33. The molecule has 0 amide bonds. The Balaban J connectivity index is 2.41. The first kappa shape index (κ1) is 9.50. The van der Waals surface area contributed by atoms with Gasteiger partial charge in [0.15, 0.2) is 0 Å². The van der Waals surface area contributed by atoms with Crippen LogP contribution in [-0.2, 0) is 0 Å². The zero-order chi connectivity index (χ0) is 8.97. The smallest absolute Gasteiger partial charge is 0.0949 e. The lowest BCUT2D eigenvalue weighted by atomic mass is 9.97. The van der Waals surface area contributed by atoms with Gasteiger partial charge in [0, 0.05) is 6.54 Å². The van der Waals surface area contributed by atoms with E-state index in [1.54, 1.807) is 0 Å². The number of nitrogens with two attached hydrogens (primary N) is 1. The molecule has 1 heterocycles. The largest absolute Gasteiger partial charge is 0.330 e. The van der Waals surface area contributed by atoms with Crippen LogP contribution in [0.2, 0.25) is 0 Å². The molecule has 2 atom stereocenters. The minimum absolute atomic E-state index is 0.0550. The predicted octanol–water partition coefficient (Wildman–Crippen LogP) is 0.569. The summed E-state index contributed by atoms with van der Waals surface area (Å²) in [7, 11) is 0. The summed E-state index contributed by atoms with van der Waals surface area (Å²) in [6, 6.07) is 2.32. The first-order valence-electron chi connectivity index (χ1n) is 4.61. The minimum atomic E-state index is 0.0550. The standard InChI is InChI=1S/C9H17N3/c1-8(5-10)12-4-2-3-9(6-11)7-12/h8-9H,2-4,6-7,11H2,1H3. The van der Waals surface area contributed by atoms with Gasteiger partial charge in [-0.05, 0) is 38.8 Å². The van der Waals surface area contributed by atoms with E-state index in [0.717, 1.165) is 19.6 Å². The summed E-state index contributed by atoms with van der Waals surface area (Å²) in [6.45, 7) is 4.78. The third-order valence-electron chi connectivity index (χ3n) is 2.62. The van der Waals surface area contributed by atoms with Crippen molar-refractivity contribution in [1.82, 2.24) is 4.90 Å². The molecule has 3 nitrogen and oxygen atoms in total. The van der Waals surface area contributed by atoms with Gasteiger partial charge in [0.05, 0.1) is 12.1 Å². The Morgan fingerprint density at radius 2 is 2.50 bits per heavy atom. The van der Waals surface area contributed by atoms with Crippen molar-refractivity contribution in [3.05, 3.63) is 0 Å². The van der Waals surface area contributed by atoms with Crippen LogP contribution in [0.5, 0.6) is 0 Å². The summed E-state index contributed by atoms with van der Waals surface area (Å²) in [5.41, 5.74) is 5.60. The fourth-order valence-electron chi connectivity index (χ4n) is 1.72. The molecular weight excluding hydrogens is 150 g/mol. The monoisotopic (exact) mass is 167 g/mol. The SMILES string of the molecule is CC(C#N)N1CCCC(CN)C1. The lowest BCUT2D eigenvalue weighted by molar-refractivity contribution is 0.159. The van der Waals surface area contributed by atoms with E-state index in [9.17, 15) is 0 Å². The number of nitrogens with zero attached hydrogens (tertiary/aromatic N) is 2. The second kappa shape index (κ2) is 4.44. The molecule has 2 unspecified atom stereocenters. The Labute approximate surface area is 74.1 Å². The molecule has 0 bridgehead atoms. The van der Waals surface area contributed by atoms with Crippen molar-refractivity contribution in [2.24, 2.45) is 11.7 Å². The van der Waals surface area contributed by atoms with Crippen LogP contribution in [0.1, 0.15) is 19.8 Å². The zero-order valence-electron chi connectivity index (χ0n) is 7.66. The predicted molar refractivity (Wildman–Crippen MR) is 48.4 cm³/mol. The third kappa shape index (κ3) is 2.20. The summed E-state index contributed by atoms with van der Waals surface area (Å²) < 4.78 is 0. The highest BCUT2D eigenvalue weighted by atomic mass is 15.2. The van der Waals surface area contributed by atoms with E-state index in [4.69, 9.17) is 11.0 Å². The summed E-state index contributed by atoms with van der Waals surface area (Å²) in [5, 5.41) is 8.72. The highest BCUT2D eigenvalue weighted by Gasteiger charge is 2.21. The van der Waals surface area contributed by atoms with E-state index in [-0.39, 0.29) is 6.04 Å². The van der Waals surface area contributed by atoms with Crippen molar-refractivity contribution in [3.8, 4) is 6.07 Å². The molecule has 0 saturated carbocycles. The Kier molecular flexibility index (Phi) is 3.51. The van der Waals surface area contributed by atoms with Gasteiger partial charge in [-0.15, -0.1) is 0 Å². The number of hydrogen-bond acceptors (Lipinski definition) is 3. The first-order valence-corrected chi connectivity index (χ1v) is 4.61. The third-order valence-corrected chi connectivity index (χ3v) is 2.62. The van der Waals surface area contributed by atoms with Crippen molar-refractivity contribution >= 4 is 0 Å². The lowest BCUT2D eigenvalue weighted by Crippen LogP contribution is -2.42. The van der Waals surface area contributed by atoms with Crippen molar-refractivity contribution in [3.63, 3.8) is 0 Å². The van der Waals surface area contributed by atoms with Crippen molar-refractivity contribution in [2.45, 2.75) is 25.8 Å². The van der Waals surface area contributed by atoms with Gasteiger partial charge in [-0.1, -0.05) is 0 Å². The Hall–Kier alpha value is -0.590. The van der Waals surface area contributed by atoms with Crippen LogP contribution in [0, 0.1) is 17.2 Å². The fourth-order valence-corrected chi connectivity index (χ4v) is 1.72. The number of piperidine rings is 1. The van der Waals surface area contributed by atoms with Gasteiger partial charge in [-0.25, -0.2) is 0 Å². The van der Waals surface area contributed by atoms with E-state index in [0.29, 0.717) is 5.92 Å². The van der Waals surface area contributed by atoms with Crippen molar-refractivity contribution in [2.75, 3.05) is 19.6 Å². The molecule has 3 heteroatoms.